The van der Waals surface area contributed by atoms with Crippen LogP contribution in [0.2, 0.25) is 0 Å². The van der Waals surface area contributed by atoms with Crippen LogP contribution in [0.4, 0.5) is 5.82 Å². The van der Waals surface area contributed by atoms with Crippen molar-refractivity contribution in [3.05, 3.63) is 40.5 Å². The van der Waals surface area contributed by atoms with Gasteiger partial charge in [0, 0.05) is 18.0 Å². The summed E-state index contributed by atoms with van der Waals surface area (Å²) < 4.78 is 0. The number of aromatic nitrogens is 2. The lowest BCUT2D eigenvalue weighted by atomic mass is 10.1. The Morgan fingerprint density at radius 1 is 1.50 bits per heavy atom. The maximum absolute atomic E-state index is 9.91. The van der Waals surface area contributed by atoms with Crippen molar-refractivity contribution in [3.8, 4) is 0 Å². The van der Waals surface area contributed by atoms with Crippen LogP contribution < -0.4 is 5.73 Å². The quantitative estimate of drug-likeness (QED) is 0.776. The molecule has 0 amide bonds. The van der Waals surface area contributed by atoms with Crippen LogP contribution in [0.1, 0.15) is 16.5 Å². The first-order valence-electron chi connectivity index (χ1n) is 4.06. The maximum atomic E-state index is 9.91. The van der Waals surface area contributed by atoms with Crippen LogP contribution in [0.25, 0.3) is 0 Å². The smallest absolute Gasteiger partial charge is 0.129 e. The number of pyridine rings is 1. The standard InChI is InChI=1S/C9H9N3OS/c10-9-6(2-1-3-12-9)8(13)7-4-11-5-14-7/h1-5,8,13H,(H2,10,12). The molecule has 2 rings (SSSR count). The minimum Gasteiger partial charge on any atom is -0.383 e. The average Bonchev–Trinajstić information content (AvgIpc) is 2.70. The van der Waals surface area contributed by atoms with Crippen LogP contribution in [0, 0.1) is 0 Å². The van der Waals surface area contributed by atoms with Gasteiger partial charge in [0.1, 0.15) is 11.9 Å². The molecule has 0 aromatic carbocycles. The van der Waals surface area contributed by atoms with Crippen molar-refractivity contribution in [2.75, 3.05) is 5.73 Å². The van der Waals surface area contributed by atoms with Gasteiger partial charge in [-0.05, 0) is 6.07 Å². The third-order valence-electron chi connectivity index (χ3n) is 1.89. The topological polar surface area (TPSA) is 72.0 Å². The Balaban J connectivity index is 2.37. The second-order valence-electron chi connectivity index (χ2n) is 2.78. The number of nitrogens with zero attached hydrogens (tertiary/aromatic N) is 2. The van der Waals surface area contributed by atoms with Crippen molar-refractivity contribution in [3.63, 3.8) is 0 Å². The highest BCUT2D eigenvalue weighted by Crippen LogP contribution is 2.26. The predicted molar refractivity (Wildman–Crippen MR) is 54.8 cm³/mol. The first kappa shape index (κ1) is 9.11. The van der Waals surface area contributed by atoms with E-state index < -0.39 is 6.10 Å². The van der Waals surface area contributed by atoms with Gasteiger partial charge in [0.15, 0.2) is 0 Å². The molecule has 0 saturated heterocycles. The first-order valence-corrected chi connectivity index (χ1v) is 4.94. The summed E-state index contributed by atoms with van der Waals surface area (Å²) in [5, 5.41) is 9.91. The molecule has 0 spiro atoms. The van der Waals surface area contributed by atoms with Crippen LogP contribution in [0.5, 0.6) is 0 Å². The Morgan fingerprint density at radius 3 is 3.00 bits per heavy atom. The molecule has 0 aliphatic rings. The SMILES string of the molecule is Nc1ncccc1C(O)c1cncs1. The number of hydrogen-bond donors (Lipinski definition) is 2. The number of nitrogens with two attached hydrogens (primary N) is 1. The molecule has 0 fully saturated rings. The summed E-state index contributed by atoms with van der Waals surface area (Å²) in [6, 6.07) is 3.50. The number of nitrogen functional groups attached to an aromatic ring is 1. The molecule has 1 atom stereocenters. The molecule has 0 aliphatic heterocycles. The van der Waals surface area contributed by atoms with E-state index in [1.807, 2.05) is 0 Å². The zero-order chi connectivity index (χ0) is 9.97. The molecule has 2 aromatic rings. The maximum Gasteiger partial charge on any atom is 0.129 e. The Morgan fingerprint density at radius 2 is 2.36 bits per heavy atom. The number of rotatable bonds is 2. The molecule has 0 aliphatic carbocycles. The molecule has 2 aromatic heterocycles. The van der Waals surface area contributed by atoms with Crippen LogP contribution >= 0.6 is 11.3 Å². The highest BCUT2D eigenvalue weighted by Gasteiger charge is 2.14. The summed E-state index contributed by atoms with van der Waals surface area (Å²) >= 11 is 1.39. The molecule has 72 valence electrons. The number of hydrogen-bond acceptors (Lipinski definition) is 5. The van der Waals surface area contributed by atoms with Gasteiger partial charge in [-0.2, -0.15) is 0 Å². The molecule has 5 heteroatoms. The van der Waals surface area contributed by atoms with E-state index in [2.05, 4.69) is 9.97 Å². The fourth-order valence-electron chi connectivity index (χ4n) is 1.18. The minimum absolute atomic E-state index is 0.355. The summed E-state index contributed by atoms with van der Waals surface area (Å²) in [5.74, 6) is 0.355. The Kier molecular flexibility index (Phi) is 2.43. The Labute approximate surface area is 85.1 Å². The highest BCUT2D eigenvalue weighted by atomic mass is 32.1. The molecular weight excluding hydrogens is 198 g/mol. The largest absolute Gasteiger partial charge is 0.383 e. The van der Waals surface area contributed by atoms with E-state index >= 15 is 0 Å². The zero-order valence-electron chi connectivity index (χ0n) is 7.29. The van der Waals surface area contributed by atoms with Gasteiger partial charge in [-0.1, -0.05) is 6.07 Å². The number of anilines is 1. The molecule has 14 heavy (non-hydrogen) atoms. The molecule has 1 unspecified atom stereocenters. The van der Waals surface area contributed by atoms with Crippen molar-refractivity contribution in [2.24, 2.45) is 0 Å². The van der Waals surface area contributed by atoms with Gasteiger partial charge in [0.2, 0.25) is 0 Å². The van der Waals surface area contributed by atoms with Crippen molar-refractivity contribution in [1.29, 1.82) is 0 Å². The fourth-order valence-corrected chi connectivity index (χ4v) is 1.80. The lowest BCUT2D eigenvalue weighted by Gasteiger charge is -2.09. The summed E-state index contributed by atoms with van der Waals surface area (Å²) in [4.78, 5) is 8.58. The molecule has 0 saturated carbocycles. The van der Waals surface area contributed by atoms with E-state index in [4.69, 9.17) is 5.73 Å². The second-order valence-corrected chi connectivity index (χ2v) is 3.70. The van der Waals surface area contributed by atoms with Gasteiger partial charge in [-0.3, -0.25) is 4.98 Å². The van der Waals surface area contributed by atoms with Gasteiger partial charge < -0.3 is 10.8 Å². The molecule has 0 bridgehead atoms. The second kappa shape index (κ2) is 3.73. The van der Waals surface area contributed by atoms with Gasteiger partial charge in [-0.25, -0.2) is 4.98 Å². The van der Waals surface area contributed by atoms with E-state index in [1.165, 1.54) is 11.3 Å². The summed E-state index contributed by atoms with van der Waals surface area (Å²) in [7, 11) is 0. The number of aliphatic hydroxyl groups excluding tert-OH is 1. The van der Waals surface area contributed by atoms with Gasteiger partial charge in [0.05, 0.1) is 10.4 Å². The number of thiazole rings is 1. The molecule has 2 heterocycles. The first-order chi connectivity index (χ1) is 6.79. The zero-order valence-corrected chi connectivity index (χ0v) is 8.11. The minimum atomic E-state index is -0.726. The van der Waals surface area contributed by atoms with Crippen LogP contribution in [-0.4, -0.2) is 15.1 Å². The third kappa shape index (κ3) is 1.59. The molecular formula is C9H9N3OS. The lowest BCUT2D eigenvalue weighted by molar-refractivity contribution is 0.224. The van der Waals surface area contributed by atoms with Gasteiger partial charge in [0.25, 0.3) is 0 Å². The Bertz CT molecular complexity index is 416. The van der Waals surface area contributed by atoms with Gasteiger partial charge >= 0.3 is 0 Å². The Hall–Kier alpha value is -1.46. The highest BCUT2D eigenvalue weighted by molar-refractivity contribution is 7.09. The van der Waals surface area contributed by atoms with E-state index in [1.54, 1.807) is 30.0 Å². The summed E-state index contributed by atoms with van der Waals surface area (Å²) in [6.07, 6.45) is 2.50. The van der Waals surface area contributed by atoms with Gasteiger partial charge in [-0.15, -0.1) is 11.3 Å². The molecule has 0 radical (unpaired) electrons. The lowest BCUT2D eigenvalue weighted by Crippen LogP contribution is -2.03. The van der Waals surface area contributed by atoms with E-state index in [9.17, 15) is 5.11 Å². The fraction of sp³-hybridized carbons (Fsp3) is 0.111. The third-order valence-corrected chi connectivity index (χ3v) is 2.71. The van der Waals surface area contributed by atoms with E-state index in [-0.39, 0.29) is 0 Å². The summed E-state index contributed by atoms with van der Waals surface area (Å²) in [6.45, 7) is 0. The number of aliphatic hydroxyl groups is 1. The van der Waals surface area contributed by atoms with Crippen LogP contribution in [-0.2, 0) is 0 Å². The monoisotopic (exact) mass is 207 g/mol. The molecule has 4 nitrogen and oxygen atoms in total. The molecule has 3 N–H and O–H groups in total. The van der Waals surface area contributed by atoms with E-state index in [0.717, 1.165) is 4.88 Å². The van der Waals surface area contributed by atoms with Crippen molar-refractivity contribution >= 4 is 17.2 Å². The van der Waals surface area contributed by atoms with Crippen LogP contribution in [0.3, 0.4) is 0 Å². The van der Waals surface area contributed by atoms with Crippen molar-refractivity contribution in [1.82, 2.24) is 9.97 Å². The van der Waals surface area contributed by atoms with E-state index in [0.29, 0.717) is 11.4 Å². The normalized spacial score (nSPS) is 12.6. The average molecular weight is 207 g/mol. The van der Waals surface area contributed by atoms with Crippen molar-refractivity contribution < 1.29 is 5.11 Å². The predicted octanol–water partition coefficient (Wildman–Crippen LogP) is 1.20. The summed E-state index contributed by atoms with van der Waals surface area (Å²) in [5.41, 5.74) is 7.93. The van der Waals surface area contributed by atoms with Crippen LogP contribution in [0.15, 0.2) is 30.0 Å². The van der Waals surface area contributed by atoms with Crippen molar-refractivity contribution in [2.45, 2.75) is 6.10 Å².